The number of thiazole rings is 1. The monoisotopic (exact) mass is 401 g/mol. The second kappa shape index (κ2) is 10.6. The van der Waals surface area contributed by atoms with Gasteiger partial charge in [0.15, 0.2) is 5.13 Å². The highest BCUT2D eigenvalue weighted by atomic mass is 32.1. The molecule has 1 aliphatic rings. The highest BCUT2D eigenvalue weighted by Crippen LogP contribution is 2.32. The molecule has 0 aliphatic heterocycles. The molecule has 1 N–H and O–H groups in total. The molecular formula is C22H31N3O2S. The molecular weight excluding hydrogens is 370 g/mol. The van der Waals surface area contributed by atoms with Crippen LogP contribution in [-0.2, 0) is 4.79 Å². The fourth-order valence-electron chi connectivity index (χ4n) is 3.59. The van der Waals surface area contributed by atoms with Gasteiger partial charge < -0.3 is 15.0 Å². The van der Waals surface area contributed by atoms with Crippen LogP contribution in [0, 0.1) is 5.92 Å². The van der Waals surface area contributed by atoms with Gasteiger partial charge >= 0.3 is 0 Å². The topological polar surface area (TPSA) is 54.5 Å². The standard InChI is InChI=1S/C22H31N3O2S/c1-25(2)14-15-27-20-11-7-6-10-18(20)19-16-28-22(23-19)24-21(26)13-12-17-8-4-3-5-9-17/h6-7,10-11,16-17H,3-5,8-9,12-15H2,1-2H3,(H,23,24,26). The fraction of sp³-hybridized carbons (Fsp3) is 0.545. The van der Waals surface area contributed by atoms with Crippen molar-refractivity contribution in [3.8, 4) is 17.0 Å². The van der Waals surface area contributed by atoms with Gasteiger partial charge in [-0.3, -0.25) is 4.79 Å². The van der Waals surface area contributed by atoms with Gasteiger partial charge in [-0.05, 0) is 38.6 Å². The summed E-state index contributed by atoms with van der Waals surface area (Å²) in [6.45, 7) is 1.48. The number of hydrogen-bond donors (Lipinski definition) is 1. The Balaban J connectivity index is 1.55. The maximum atomic E-state index is 12.3. The van der Waals surface area contributed by atoms with Crippen LogP contribution in [-0.4, -0.2) is 43.0 Å². The number of para-hydroxylation sites is 1. The number of hydrogen-bond acceptors (Lipinski definition) is 5. The zero-order chi connectivity index (χ0) is 19.8. The predicted molar refractivity (Wildman–Crippen MR) is 116 cm³/mol. The molecule has 1 aliphatic carbocycles. The number of ether oxygens (including phenoxy) is 1. The van der Waals surface area contributed by atoms with Crippen LogP contribution in [0.15, 0.2) is 29.6 Å². The first kappa shape index (κ1) is 20.8. The van der Waals surface area contributed by atoms with E-state index in [0.29, 0.717) is 18.2 Å². The second-order valence-corrected chi connectivity index (χ2v) is 8.63. The van der Waals surface area contributed by atoms with Gasteiger partial charge in [-0.2, -0.15) is 0 Å². The molecule has 28 heavy (non-hydrogen) atoms. The number of aromatic nitrogens is 1. The normalized spacial score (nSPS) is 15.0. The maximum absolute atomic E-state index is 12.3. The van der Waals surface area contributed by atoms with Crippen molar-refractivity contribution in [1.82, 2.24) is 9.88 Å². The summed E-state index contributed by atoms with van der Waals surface area (Å²) in [5.74, 6) is 1.62. The lowest BCUT2D eigenvalue weighted by atomic mass is 9.86. The Morgan fingerprint density at radius 2 is 2.04 bits per heavy atom. The highest BCUT2D eigenvalue weighted by Gasteiger charge is 2.16. The van der Waals surface area contributed by atoms with E-state index in [9.17, 15) is 4.79 Å². The van der Waals surface area contributed by atoms with Gasteiger partial charge in [-0.15, -0.1) is 11.3 Å². The number of carbonyl (C=O) groups is 1. The number of anilines is 1. The minimum atomic E-state index is 0.0713. The van der Waals surface area contributed by atoms with Gasteiger partial charge in [0.25, 0.3) is 0 Å². The summed E-state index contributed by atoms with van der Waals surface area (Å²) in [5.41, 5.74) is 1.80. The summed E-state index contributed by atoms with van der Waals surface area (Å²) in [6.07, 6.45) is 8.12. The Labute approximate surface area is 172 Å². The second-order valence-electron chi connectivity index (χ2n) is 7.78. The quantitative estimate of drug-likeness (QED) is 0.639. The average Bonchev–Trinajstić information content (AvgIpc) is 3.15. The van der Waals surface area contributed by atoms with Gasteiger partial charge in [0, 0.05) is 23.9 Å². The van der Waals surface area contributed by atoms with E-state index in [2.05, 4.69) is 15.2 Å². The van der Waals surface area contributed by atoms with Gasteiger partial charge in [-0.25, -0.2) is 4.98 Å². The molecule has 0 bridgehead atoms. The number of benzene rings is 1. The SMILES string of the molecule is CN(C)CCOc1ccccc1-c1csc(NC(=O)CCC2CCCCC2)n1. The van der Waals surface area contributed by atoms with Crippen molar-refractivity contribution in [2.24, 2.45) is 5.92 Å². The highest BCUT2D eigenvalue weighted by molar-refractivity contribution is 7.14. The molecule has 0 radical (unpaired) electrons. The number of likely N-dealkylation sites (N-methyl/N-ethyl adjacent to an activating group) is 1. The van der Waals surface area contributed by atoms with Crippen LogP contribution in [0.4, 0.5) is 5.13 Å². The number of nitrogens with one attached hydrogen (secondary N) is 1. The Hall–Kier alpha value is -1.92. The summed E-state index contributed by atoms with van der Waals surface area (Å²) < 4.78 is 5.93. The van der Waals surface area contributed by atoms with Crippen molar-refractivity contribution < 1.29 is 9.53 Å². The minimum absolute atomic E-state index is 0.0713. The Kier molecular flexibility index (Phi) is 7.86. The first-order valence-electron chi connectivity index (χ1n) is 10.2. The maximum Gasteiger partial charge on any atom is 0.226 e. The van der Waals surface area contributed by atoms with Crippen molar-refractivity contribution >= 4 is 22.4 Å². The lowest BCUT2D eigenvalue weighted by Gasteiger charge is -2.20. The average molecular weight is 402 g/mol. The van der Waals surface area contributed by atoms with Crippen LogP contribution in [0.2, 0.25) is 0 Å². The largest absolute Gasteiger partial charge is 0.492 e. The van der Waals surface area contributed by atoms with Crippen LogP contribution in [0.25, 0.3) is 11.3 Å². The molecule has 0 saturated heterocycles. The molecule has 1 heterocycles. The molecule has 1 amide bonds. The predicted octanol–water partition coefficient (Wildman–Crippen LogP) is 5.05. The van der Waals surface area contributed by atoms with Crippen LogP contribution >= 0.6 is 11.3 Å². The van der Waals surface area contributed by atoms with E-state index < -0.39 is 0 Å². The summed E-state index contributed by atoms with van der Waals surface area (Å²) in [4.78, 5) is 19.0. The minimum Gasteiger partial charge on any atom is -0.492 e. The van der Waals surface area contributed by atoms with Gasteiger partial charge in [0.05, 0.1) is 5.69 Å². The van der Waals surface area contributed by atoms with Crippen molar-refractivity contribution in [3.63, 3.8) is 0 Å². The molecule has 2 aromatic rings. The van der Waals surface area contributed by atoms with E-state index in [0.717, 1.165) is 35.9 Å². The van der Waals surface area contributed by atoms with Crippen LogP contribution in [0.5, 0.6) is 5.75 Å². The number of rotatable bonds is 9. The van der Waals surface area contributed by atoms with Crippen LogP contribution in [0.1, 0.15) is 44.9 Å². The van der Waals surface area contributed by atoms with Crippen LogP contribution < -0.4 is 10.1 Å². The number of nitrogens with zero attached hydrogens (tertiary/aromatic N) is 2. The molecule has 1 aromatic heterocycles. The Bertz CT molecular complexity index is 754. The van der Waals surface area contributed by atoms with Gasteiger partial charge in [-0.1, -0.05) is 44.2 Å². The zero-order valence-corrected chi connectivity index (χ0v) is 17.8. The summed E-state index contributed by atoms with van der Waals surface area (Å²) in [6, 6.07) is 7.92. The smallest absolute Gasteiger partial charge is 0.226 e. The van der Waals surface area contributed by atoms with E-state index in [1.165, 1.54) is 43.4 Å². The van der Waals surface area contributed by atoms with Crippen LogP contribution in [0.3, 0.4) is 0 Å². The molecule has 0 unspecified atom stereocenters. The third-order valence-corrected chi connectivity index (χ3v) is 5.97. The molecule has 1 saturated carbocycles. The van der Waals surface area contributed by atoms with E-state index in [1.807, 2.05) is 43.7 Å². The Morgan fingerprint density at radius 3 is 2.82 bits per heavy atom. The molecule has 1 aromatic carbocycles. The van der Waals surface area contributed by atoms with Crippen molar-refractivity contribution in [2.75, 3.05) is 32.6 Å². The van der Waals surface area contributed by atoms with Crippen molar-refractivity contribution in [2.45, 2.75) is 44.9 Å². The molecule has 0 spiro atoms. The number of carbonyl (C=O) groups excluding carboxylic acids is 1. The first-order chi connectivity index (χ1) is 13.6. The molecule has 152 valence electrons. The third-order valence-electron chi connectivity index (χ3n) is 5.21. The lowest BCUT2D eigenvalue weighted by Crippen LogP contribution is -2.19. The molecule has 3 rings (SSSR count). The molecule has 1 fully saturated rings. The van der Waals surface area contributed by atoms with Crippen molar-refractivity contribution in [1.29, 1.82) is 0 Å². The van der Waals surface area contributed by atoms with E-state index in [4.69, 9.17) is 4.74 Å². The summed E-state index contributed by atoms with van der Waals surface area (Å²) in [7, 11) is 4.05. The van der Waals surface area contributed by atoms with E-state index in [1.54, 1.807) is 0 Å². The van der Waals surface area contributed by atoms with Gasteiger partial charge in [0.1, 0.15) is 12.4 Å². The van der Waals surface area contributed by atoms with Gasteiger partial charge in [0.2, 0.25) is 5.91 Å². The molecule has 0 atom stereocenters. The lowest BCUT2D eigenvalue weighted by molar-refractivity contribution is -0.116. The first-order valence-corrected chi connectivity index (χ1v) is 11.1. The Morgan fingerprint density at radius 1 is 1.25 bits per heavy atom. The fourth-order valence-corrected chi connectivity index (χ4v) is 4.32. The zero-order valence-electron chi connectivity index (χ0n) is 16.9. The van der Waals surface area contributed by atoms with E-state index >= 15 is 0 Å². The van der Waals surface area contributed by atoms with Crippen molar-refractivity contribution in [3.05, 3.63) is 29.6 Å². The molecule has 5 nitrogen and oxygen atoms in total. The third kappa shape index (κ3) is 6.31. The summed E-state index contributed by atoms with van der Waals surface area (Å²) in [5, 5.41) is 5.61. The molecule has 6 heteroatoms. The summed E-state index contributed by atoms with van der Waals surface area (Å²) >= 11 is 1.46. The number of amides is 1. The van der Waals surface area contributed by atoms with E-state index in [-0.39, 0.29) is 5.91 Å².